The van der Waals surface area contributed by atoms with Crippen LogP contribution in [0.5, 0.6) is 0 Å². The number of hydrogen-bond donors (Lipinski definition) is 1. The molecule has 0 aliphatic rings. The van der Waals surface area contributed by atoms with E-state index in [1.54, 1.807) is 0 Å². The van der Waals surface area contributed by atoms with Crippen LogP contribution in [0.3, 0.4) is 0 Å². The molecule has 0 aromatic heterocycles. The first-order chi connectivity index (χ1) is 6.95. The van der Waals surface area contributed by atoms with Gasteiger partial charge in [-0.1, -0.05) is 45.0 Å². The van der Waals surface area contributed by atoms with Gasteiger partial charge in [-0.2, -0.15) is 0 Å². The van der Waals surface area contributed by atoms with Gasteiger partial charge in [0.1, 0.15) is 0 Å². The third kappa shape index (κ3) is 3.35. The molecule has 0 bridgehead atoms. The van der Waals surface area contributed by atoms with Gasteiger partial charge in [-0.25, -0.2) is 0 Å². The zero-order valence-corrected chi connectivity index (χ0v) is 10.4. The molecule has 0 saturated carbocycles. The van der Waals surface area contributed by atoms with Gasteiger partial charge < -0.3 is 5.73 Å². The third-order valence-electron chi connectivity index (χ3n) is 2.99. The summed E-state index contributed by atoms with van der Waals surface area (Å²) in [5.41, 5.74) is 8.64. The number of nitrogens with two attached hydrogens (primary N) is 1. The largest absolute Gasteiger partial charge is 0.322 e. The van der Waals surface area contributed by atoms with Gasteiger partial charge in [0.15, 0.2) is 0 Å². The van der Waals surface area contributed by atoms with Gasteiger partial charge in [-0.15, -0.1) is 0 Å². The normalized spacial score (nSPS) is 15.3. The van der Waals surface area contributed by atoms with E-state index in [1.807, 2.05) is 0 Å². The van der Waals surface area contributed by atoms with E-state index in [-0.39, 0.29) is 5.54 Å². The monoisotopic (exact) mass is 205 g/mol. The number of hydrogen-bond acceptors (Lipinski definition) is 1. The van der Waals surface area contributed by atoms with E-state index in [0.717, 1.165) is 12.8 Å². The minimum Gasteiger partial charge on any atom is -0.322 e. The third-order valence-corrected chi connectivity index (χ3v) is 2.99. The van der Waals surface area contributed by atoms with Gasteiger partial charge in [-0.05, 0) is 36.8 Å². The van der Waals surface area contributed by atoms with Crippen molar-refractivity contribution in [3.8, 4) is 0 Å². The Kier molecular flexibility index (Phi) is 3.92. The standard InChI is InChI=1S/C14H23N/c1-5-14(4,15)13-8-6-12(7-9-13)10-11(2)3/h6-9,11H,5,10,15H2,1-4H3. The first-order valence-electron chi connectivity index (χ1n) is 5.84. The van der Waals surface area contributed by atoms with Crippen LogP contribution in [0.15, 0.2) is 24.3 Å². The maximum Gasteiger partial charge on any atom is 0.0378 e. The second-order valence-corrected chi connectivity index (χ2v) is 5.07. The van der Waals surface area contributed by atoms with Crippen molar-refractivity contribution in [2.45, 2.75) is 46.1 Å². The highest BCUT2D eigenvalue weighted by Crippen LogP contribution is 2.22. The molecule has 0 fully saturated rings. The number of benzene rings is 1. The summed E-state index contributed by atoms with van der Waals surface area (Å²) in [6.07, 6.45) is 2.12. The highest BCUT2D eigenvalue weighted by molar-refractivity contribution is 5.27. The topological polar surface area (TPSA) is 26.0 Å². The molecule has 0 aliphatic heterocycles. The Balaban J connectivity index is 2.81. The molecule has 0 aliphatic carbocycles. The van der Waals surface area contributed by atoms with Crippen LogP contribution in [-0.2, 0) is 12.0 Å². The van der Waals surface area contributed by atoms with Gasteiger partial charge in [-0.3, -0.25) is 0 Å². The first kappa shape index (κ1) is 12.3. The Hall–Kier alpha value is -0.820. The summed E-state index contributed by atoms with van der Waals surface area (Å²) >= 11 is 0. The van der Waals surface area contributed by atoms with E-state index in [2.05, 4.69) is 52.0 Å². The molecule has 1 aromatic rings. The van der Waals surface area contributed by atoms with Crippen molar-refractivity contribution in [3.05, 3.63) is 35.4 Å². The van der Waals surface area contributed by atoms with Crippen molar-refractivity contribution < 1.29 is 0 Å². The lowest BCUT2D eigenvalue weighted by atomic mass is 9.89. The molecule has 0 amide bonds. The molecular weight excluding hydrogens is 182 g/mol. The highest BCUT2D eigenvalue weighted by atomic mass is 14.7. The Morgan fingerprint density at radius 2 is 1.73 bits per heavy atom. The van der Waals surface area contributed by atoms with Crippen molar-refractivity contribution >= 4 is 0 Å². The van der Waals surface area contributed by atoms with E-state index in [0.29, 0.717) is 5.92 Å². The van der Waals surface area contributed by atoms with Gasteiger partial charge in [0, 0.05) is 5.54 Å². The zero-order valence-electron chi connectivity index (χ0n) is 10.4. The SMILES string of the molecule is CCC(C)(N)c1ccc(CC(C)C)cc1. The fraction of sp³-hybridized carbons (Fsp3) is 0.571. The molecular formula is C14H23N. The lowest BCUT2D eigenvalue weighted by molar-refractivity contribution is 0.476. The van der Waals surface area contributed by atoms with Crippen molar-refractivity contribution in [2.75, 3.05) is 0 Å². The van der Waals surface area contributed by atoms with Crippen LogP contribution in [0.25, 0.3) is 0 Å². The van der Waals surface area contributed by atoms with E-state index in [9.17, 15) is 0 Å². The van der Waals surface area contributed by atoms with Crippen LogP contribution in [-0.4, -0.2) is 0 Å². The summed E-state index contributed by atoms with van der Waals surface area (Å²) in [6.45, 7) is 8.70. The van der Waals surface area contributed by atoms with Gasteiger partial charge in [0.25, 0.3) is 0 Å². The Labute approximate surface area is 93.7 Å². The van der Waals surface area contributed by atoms with Gasteiger partial charge in [0.2, 0.25) is 0 Å². The molecule has 1 atom stereocenters. The van der Waals surface area contributed by atoms with E-state index >= 15 is 0 Å². The highest BCUT2D eigenvalue weighted by Gasteiger charge is 2.17. The molecule has 1 aromatic carbocycles. The summed E-state index contributed by atoms with van der Waals surface area (Å²) in [6, 6.07) is 8.74. The molecule has 1 nitrogen and oxygen atoms in total. The molecule has 84 valence electrons. The van der Waals surface area contributed by atoms with Crippen molar-refractivity contribution in [1.82, 2.24) is 0 Å². The fourth-order valence-electron chi connectivity index (χ4n) is 1.70. The molecule has 1 heteroatoms. The summed E-state index contributed by atoms with van der Waals surface area (Å²) in [4.78, 5) is 0. The summed E-state index contributed by atoms with van der Waals surface area (Å²) < 4.78 is 0. The van der Waals surface area contributed by atoms with Crippen molar-refractivity contribution in [3.63, 3.8) is 0 Å². The van der Waals surface area contributed by atoms with Crippen LogP contribution in [0, 0.1) is 5.92 Å². The minimum absolute atomic E-state index is 0.184. The fourth-order valence-corrected chi connectivity index (χ4v) is 1.70. The molecule has 0 heterocycles. The summed E-state index contributed by atoms with van der Waals surface area (Å²) in [5, 5.41) is 0. The Bertz CT molecular complexity index is 296. The van der Waals surface area contributed by atoms with E-state index in [4.69, 9.17) is 5.73 Å². The first-order valence-corrected chi connectivity index (χ1v) is 5.84. The smallest absolute Gasteiger partial charge is 0.0378 e. The van der Waals surface area contributed by atoms with Crippen LogP contribution in [0.2, 0.25) is 0 Å². The summed E-state index contributed by atoms with van der Waals surface area (Å²) in [5.74, 6) is 0.714. The quantitative estimate of drug-likeness (QED) is 0.800. The molecule has 0 radical (unpaired) electrons. The van der Waals surface area contributed by atoms with Crippen LogP contribution in [0.1, 0.15) is 45.2 Å². The number of rotatable bonds is 4. The van der Waals surface area contributed by atoms with Crippen LogP contribution in [0.4, 0.5) is 0 Å². The zero-order chi connectivity index (χ0) is 11.5. The lowest BCUT2D eigenvalue weighted by Gasteiger charge is -2.23. The average Bonchev–Trinajstić information content (AvgIpc) is 2.18. The predicted molar refractivity (Wildman–Crippen MR) is 66.8 cm³/mol. The predicted octanol–water partition coefficient (Wildman–Crippen LogP) is 3.47. The molecule has 1 unspecified atom stereocenters. The molecule has 0 saturated heterocycles. The minimum atomic E-state index is -0.184. The molecule has 1 rings (SSSR count). The van der Waals surface area contributed by atoms with Gasteiger partial charge in [0.05, 0.1) is 0 Å². The molecule has 2 N–H and O–H groups in total. The maximum absolute atomic E-state index is 6.19. The second-order valence-electron chi connectivity index (χ2n) is 5.07. The van der Waals surface area contributed by atoms with E-state index in [1.165, 1.54) is 11.1 Å². The average molecular weight is 205 g/mol. The van der Waals surface area contributed by atoms with E-state index < -0.39 is 0 Å². The van der Waals surface area contributed by atoms with Crippen LogP contribution < -0.4 is 5.73 Å². The Morgan fingerprint density at radius 1 is 1.20 bits per heavy atom. The maximum atomic E-state index is 6.19. The van der Waals surface area contributed by atoms with Crippen LogP contribution >= 0.6 is 0 Å². The van der Waals surface area contributed by atoms with Crippen molar-refractivity contribution in [2.24, 2.45) is 11.7 Å². The Morgan fingerprint density at radius 3 is 2.13 bits per heavy atom. The van der Waals surface area contributed by atoms with Crippen molar-refractivity contribution in [1.29, 1.82) is 0 Å². The molecule has 15 heavy (non-hydrogen) atoms. The second kappa shape index (κ2) is 4.80. The lowest BCUT2D eigenvalue weighted by Crippen LogP contribution is -2.31. The summed E-state index contributed by atoms with van der Waals surface area (Å²) in [7, 11) is 0. The molecule has 0 spiro atoms. The van der Waals surface area contributed by atoms with Gasteiger partial charge >= 0.3 is 0 Å².